The Morgan fingerprint density at radius 2 is 2.05 bits per heavy atom. The molecule has 1 fully saturated rings. The van der Waals surface area contributed by atoms with Gasteiger partial charge in [0.2, 0.25) is 5.91 Å². The molecule has 19 heavy (non-hydrogen) atoms. The van der Waals surface area contributed by atoms with E-state index in [1.807, 2.05) is 26.0 Å². The summed E-state index contributed by atoms with van der Waals surface area (Å²) in [5, 5.41) is 11.8. The molecule has 0 atom stereocenters. The molecule has 1 amide bonds. The number of amides is 1. The lowest BCUT2D eigenvalue weighted by molar-refractivity contribution is -0.124. The molecule has 1 N–H and O–H groups in total. The summed E-state index contributed by atoms with van der Waals surface area (Å²) in [6.45, 7) is 4.44. The van der Waals surface area contributed by atoms with E-state index in [9.17, 15) is 4.79 Å². The Kier molecular flexibility index (Phi) is 3.48. The van der Waals surface area contributed by atoms with Gasteiger partial charge < -0.3 is 10.1 Å². The first kappa shape index (κ1) is 13.4. The zero-order valence-corrected chi connectivity index (χ0v) is 11.5. The first-order chi connectivity index (χ1) is 9.02. The molecule has 0 aromatic heterocycles. The average molecular weight is 258 g/mol. The van der Waals surface area contributed by atoms with E-state index in [1.54, 1.807) is 7.11 Å². The first-order valence-corrected chi connectivity index (χ1v) is 6.36. The lowest BCUT2D eigenvalue weighted by Crippen LogP contribution is -2.30. The Hall–Kier alpha value is -2.02. The number of ether oxygens (including phenoxy) is 1. The summed E-state index contributed by atoms with van der Waals surface area (Å²) in [6.07, 6.45) is 1.33. The van der Waals surface area contributed by atoms with Crippen LogP contribution in [0.5, 0.6) is 5.75 Å². The quantitative estimate of drug-likeness (QED) is 0.900. The largest absolute Gasteiger partial charge is 0.496 e. The summed E-state index contributed by atoms with van der Waals surface area (Å²) < 4.78 is 5.32. The second-order valence-corrected chi connectivity index (χ2v) is 5.12. The van der Waals surface area contributed by atoms with Gasteiger partial charge in [-0.15, -0.1) is 0 Å². The topological polar surface area (TPSA) is 62.1 Å². The van der Waals surface area contributed by atoms with E-state index < -0.39 is 5.41 Å². The molecule has 0 radical (unpaired) electrons. The number of hydrogen-bond donors (Lipinski definition) is 1. The Bertz CT molecular complexity index is 554. The Balaban J connectivity index is 2.10. The highest BCUT2D eigenvalue weighted by Crippen LogP contribution is 2.45. The van der Waals surface area contributed by atoms with Crippen molar-refractivity contribution in [3.63, 3.8) is 0 Å². The molecular formula is C15H18N2O2. The molecule has 1 saturated carbocycles. The molecule has 0 saturated heterocycles. The van der Waals surface area contributed by atoms with Crippen LogP contribution < -0.4 is 10.1 Å². The molecule has 4 heteroatoms. The summed E-state index contributed by atoms with van der Waals surface area (Å²) in [5.74, 6) is 0.598. The molecule has 100 valence electrons. The van der Waals surface area contributed by atoms with Crippen LogP contribution in [0, 0.1) is 30.6 Å². The summed E-state index contributed by atoms with van der Waals surface area (Å²) >= 11 is 0. The van der Waals surface area contributed by atoms with Gasteiger partial charge in [0, 0.05) is 12.1 Å². The standard InChI is InChI=1S/C15H18N2O2/c1-10-6-12(13(19-3)7-11(10)2)8-17-14(18)15(9-16)4-5-15/h6-7H,4-5,8H2,1-3H3,(H,17,18). The minimum atomic E-state index is -0.771. The van der Waals surface area contributed by atoms with E-state index in [4.69, 9.17) is 10.00 Å². The van der Waals surface area contributed by atoms with Crippen LogP contribution >= 0.6 is 0 Å². The lowest BCUT2D eigenvalue weighted by Gasteiger charge is -2.13. The number of carbonyl (C=O) groups is 1. The van der Waals surface area contributed by atoms with Crippen molar-refractivity contribution >= 4 is 5.91 Å². The predicted molar refractivity (Wildman–Crippen MR) is 71.6 cm³/mol. The predicted octanol–water partition coefficient (Wildman–Crippen LogP) is 2.23. The second-order valence-electron chi connectivity index (χ2n) is 5.12. The number of nitriles is 1. The highest BCUT2D eigenvalue weighted by atomic mass is 16.5. The van der Waals surface area contributed by atoms with Crippen LogP contribution in [0.25, 0.3) is 0 Å². The van der Waals surface area contributed by atoms with Crippen molar-refractivity contribution in [1.29, 1.82) is 5.26 Å². The van der Waals surface area contributed by atoms with Gasteiger partial charge in [-0.1, -0.05) is 6.07 Å². The van der Waals surface area contributed by atoms with Crippen molar-refractivity contribution < 1.29 is 9.53 Å². The first-order valence-electron chi connectivity index (χ1n) is 6.36. The van der Waals surface area contributed by atoms with Crippen molar-refractivity contribution in [1.82, 2.24) is 5.32 Å². The van der Waals surface area contributed by atoms with E-state index in [1.165, 1.54) is 0 Å². The van der Waals surface area contributed by atoms with Crippen molar-refractivity contribution in [3.8, 4) is 11.8 Å². The van der Waals surface area contributed by atoms with Crippen molar-refractivity contribution in [2.24, 2.45) is 5.41 Å². The van der Waals surface area contributed by atoms with Crippen molar-refractivity contribution in [3.05, 3.63) is 28.8 Å². The smallest absolute Gasteiger partial charge is 0.240 e. The van der Waals surface area contributed by atoms with E-state index in [-0.39, 0.29) is 5.91 Å². The van der Waals surface area contributed by atoms with Gasteiger partial charge in [-0.3, -0.25) is 4.79 Å². The van der Waals surface area contributed by atoms with E-state index in [0.29, 0.717) is 19.4 Å². The summed E-state index contributed by atoms with van der Waals surface area (Å²) in [6, 6.07) is 6.07. The molecule has 1 aliphatic carbocycles. The number of carbonyl (C=O) groups excluding carboxylic acids is 1. The van der Waals surface area contributed by atoms with Gasteiger partial charge in [-0.05, 0) is 43.9 Å². The maximum atomic E-state index is 11.9. The molecule has 0 unspecified atom stereocenters. The fourth-order valence-electron chi connectivity index (χ4n) is 2.04. The zero-order valence-electron chi connectivity index (χ0n) is 11.5. The molecule has 0 heterocycles. The fourth-order valence-corrected chi connectivity index (χ4v) is 2.04. The lowest BCUT2D eigenvalue weighted by atomic mass is 10.0. The Labute approximate surface area is 113 Å². The minimum absolute atomic E-state index is 0.171. The van der Waals surface area contributed by atoms with Crippen LogP contribution in [-0.2, 0) is 11.3 Å². The van der Waals surface area contributed by atoms with Gasteiger partial charge in [0.25, 0.3) is 0 Å². The SMILES string of the molecule is COc1cc(C)c(C)cc1CNC(=O)C1(C#N)CC1. The van der Waals surface area contributed by atoms with Crippen LogP contribution in [-0.4, -0.2) is 13.0 Å². The number of hydrogen-bond acceptors (Lipinski definition) is 3. The van der Waals surface area contributed by atoms with Crippen molar-refractivity contribution in [2.45, 2.75) is 33.2 Å². The van der Waals surface area contributed by atoms with Gasteiger partial charge in [0.05, 0.1) is 13.2 Å². The van der Waals surface area contributed by atoms with E-state index >= 15 is 0 Å². The minimum Gasteiger partial charge on any atom is -0.496 e. The highest BCUT2D eigenvalue weighted by molar-refractivity contribution is 5.88. The Morgan fingerprint density at radius 3 is 2.58 bits per heavy atom. The van der Waals surface area contributed by atoms with Gasteiger partial charge in [-0.2, -0.15) is 5.26 Å². The summed E-state index contributed by atoms with van der Waals surface area (Å²) in [7, 11) is 1.62. The van der Waals surface area contributed by atoms with Crippen molar-refractivity contribution in [2.75, 3.05) is 7.11 Å². The molecule has 0 spiro atoms. The molecule has 0 aliphatic heterocycles. The summed E-state index contributed by atoms with van der Waals surface area (Å²) in [5.41, 5.74) is 2.48. The molecule has 1 aliphatic rings. The normalized spacial score (nSPS) is 15.5. The number of methoxy groups -OCH3 is 1. The van der Waals surface area contributed by atoms with Gasteiger partial charge in [0.15, 0.2) is 0 Å². The van der Waals surface area contributed by atoms with Crippen LogP contribution in [0.1, 0.15) is 29.5 Å². The van der Waals surface area contributed by atoms with Gasteiger partial charge >= 0.3 is 0 Å². The zero-order chi connectivity index (χ0) is 14.0. The molecule has 1 aromatic carbocycles. The molecular weight excluding hydrogens is 240 g/mol. The van der Waals surface area contributed by atoms with Crippen LogP contribution in [0.15, 0.2) is 12.1 Å². The van der Waals surface area contributed by atoms with Gasteiger partial charge in [0.1, 0.15) is 11.2 Å². The molecule has 2 rings (SSSR count). The third-order valence-corrected chi connectivity index (χ3v) is 3.73. The number of rotatable bonds is 4. The monoisotopic (exact) mass is 258 g/mol. The second kappa shape index (κ2) is 4.93. The van der Waals surface area contributed by atoms with Gasteiger partial charge in [-0.25, -0.2) is 0 Å². The number of nitrogens with one attached hydrogen (secondary N) is 1. The van der Waals surface area contributed by atoms with E-state index in [2.05, 4.69) is 11.4 Å². The fraction of sp³-hybridized carbons (Fsp3) is 0.467. The molecule has 0 bridgehead atoms. The average Bonchev–Trinajstić information content (AvgIpc) is 3.20. The highest BCUT2D eigenvalue weighted by Gasteiger charge is 2.50. The van der Waals surface area contributed by atoms with E-state index in [0.717, 1.165) is 22.4 Å². The number of benzene rings is 1. The Morgan fingerprint density at radius 1 is 1.42 bits per heavy atom. The third-order valence-electron chi connectivity index (χ3n) is 3.73. The molecule has 1 aromatic rings. The van der Waals surface area contributed by atoms with Crippen LogP contribution in [0.4, 0.5) is 0 Å². The van der Waals surface area contributed by atoms with Crippen LogP contribution in [0.2, 0.25) is 0 Å². The summed E-state index contributed by atoms with van der Waals surface area (Å²) in [4.78, 5) is 11.9. The number of nitrogens with zero attached hydrogens (tertiary/aromatic N) is 1. The third kappa shape index (κ3) is 2.55. The maximum Gasteiger partial charge on any atom is 0.240 e. The number of aryl methyl sites for hydroxylation is 2. The molecule has 4 nitrogen and oxygen atoms in total. The van der Waals surface area contributed by atoms with Crippen LogP contribution in [0.3, 0.4) is 0 Å². The maximum absolute atomic E-state index is 11.9.